The fourth-order valence-corrected chi connectivity index (χ4v) is 5.22. The normalized spacial score (nSPS) is 13.5. The summed E-state index contributed by atoms with van der Waals surface area (Å²) in [6, 6.07) is 19.4. The maximum absolute atomic E-state index is 13.7. The summed E-state index contributed by atoms with van der Waals surface area (Å²) in [4.78, 5) is 42.8. The van der Waals surface area contributed by atoms with Gasteiger partial charge in [0.25, 0.3) is 5.56 Å². The summed E-state index contributed by atoms with van der Waals surface area (Å²) in [5, 5.41) is 11.9. The van der Waals surface area contributed by atoms with Crippen molar-refractivity contribution in [3.05, 3.63) is 112 Å². The molecule has 2 aromatic heterocycles. The van der Waals surface area contributed by atoms with Gasteiger partial charge >= 0.3 is 5.97 Å². The van der Waals surface area contributed by atoms with Crippen LogP contribution in [0.15, 0.2) is 89.7 Å². The van der Waals surface area contributed by atoms with Crippen molar-refractivity contribution < 1.29 is 19.4 Å². The zero-order valence-corrected chi connectivity index (χ0v) is 19.9. The molecule has 0 unspecified atom stereocenters. The van der Waals surface area contributed by atoms with E-state index in [1.165, 1.54) is 17.9 Å². The lowest BCUT2D eigenvalue weighted by Gasteiger charge is -2.23. The molecule has 0 radical (unpaired) electrons. The minimum atomic E-state index is -1.15. The third-order valence-corrected chi connectivity index (χ3v) is 6.99. The summed E-state index contributed by atoms with van der Waals surface area (Å²) in [5.41, 5.74) is 3.69. The molecule has 1 aliphatic rings. The molecule has 0 saturated carbocycles. The number of aromatic amines is 1. The molecule has 0 aliphatic heterocycles. The molecular formula is C30H22N2O5. The Morgan fingerprint density at radius 1 is 1.00 bits per heavy atom. The molecule has 1 atom stereocenters. The van der Waals surface area contributed by atoms with Crippen LogP contribution in [0.2, 0.25) is 0 Å². The van der Waals surface area contributed by atoms with Crippen LogP contribution in [0, 0.1) is 0 Å². The van der Waals surface area contributed by atoms with Gasteiger partial charge in [0, 0.05) is 51.6 Å². The van der Waals surface area contributed by atoms with Crippen molar-refractivity contribution in [2.24, 2.45) is 0 Å². The molecule has 182 valence electrons. The van der Waals surface area contributed by atoms with E-state index in [0.717, 1.165) is 22.0 Å². The van der Waals surface area contributed by atoms with E-state index in [9.17, 15) is 19.5 Å². The number of aliphatic carboxylic acids is 1. The molecule has 6 rings (SSSR count). The SMILES string of the molecule is COC1=Cc2cn([C@@H](Cc3c[nH]c4ccccc34)C(=O)O)c(=O)c3ccc(-c4ccccc4)c(c23)C1=O. The van der Waals surface area contributed by atoms with Crippen molar-refractivity contribution in [1.82, 2.24) is 9.55 Å². The van der Waals surface area contributed by atoms with Crippen LogP contribution in [0.25, 0.3) is 38.9 Å². The molecule has 0 fully saturated rings. The number of nitrogens with zero attached hydrogens (tertiary/aromatic N) is 1. The van der Waals surface area contributed by atoms with Crippen LogP contribution in [0.1, 0.15) is 27.5 Å². The molecule has 0 saturated heterocycles. The summed E-state index contributed by atoms with van der Waals surface area (Å²) in [6.07, 6.45) is 5.00. The number of nitrogens with one attached hydrogen (secondary N) is 1. The van der Waals surface area contributed by atoms with Gasteiger partial charge in [0.15, 0.2) is 5.76 Å². The standard InChI is InChI=1S/C30H22N2O5/c1-37-25-14-19-16-32(24(30(35)36)13-18-15-31-23-10-6-5-9-20(18)23)29(34)22-12-11-21(17-7-3-2-4-8-17)27(26(19)22)28(25)33/h2-12,14-16,24,31H,13H2,1H3,(H,35,36)/t24-/m0/s1. The number of allylic oxidation sites excluding steroid dienone is 1. The van der Waals surface area contributed by atoms with Gasteiger partial charge in [0.2, 0.25) is 5.78 Å². The number of Topliss-reactive ketones (excluding diaryl/α,β-unsaturated/α-hetero) is 1. The average Bonchev–Trinajstić information content (AvgIpc) is 3.33. The predicted octanol–water partition coefficient (Wildman–Crippen LogP) is 5.20. The van der Waals surface area contributed by atoms with E-state index in [-0.39, 0.29) is 23.3 Å². The van der Waals surface area contributed by atoms with E-state index in [1.54, 1.807) is 24.4 Å². The van der Waals surface area contributed by atoms with E-state index in [0.29, 0.717) is 22.1 Å². The minimum absolute atomic E-state index is 0.110. The fourth-order valence-electron chi connectivity index (χ4n) is 5.22. The summed E-state index contributed by atoms with van der Waals surface area (Å²) in [7, 11) is 1.42. The maximum Gasteiger partial charge on any atom is 0.327 e. The molecular weight excluding hydrogens is 468 g/mol. The Bertz CT molecular complexity index is 1810. The second kappa shape index (κ2) is 8.64. The summed E-state index contributed by atoms with van der Waals surface area (Å²) in [5.74, 6) is -1.31. The first-order chi connectivity index (χ1) is 18.0. The molecule has 5 aromatic rings. The number of carbonyl (C=O) groups is 2. The van der Waals surface area contributed by atoms with Gasteiger partial charge in [0.05, 0.1) is 7.11 Å². The number of ether oxygens (including phenoxy) is 1. The molecule has 7 heteroatoms. The minimum Gasteiger partial charge on any atom is -0.493 e. The number of fused-ring (bicyclic) bond motifs is 1. The van der Waals surface area contributed by atoms with E-state index >= 15 is 0 Å². The van der Waals surface area contributed by atoms with Crippen LogP contribution in [0.5, 0.6) is 0 Å². The first-order valence-electron chi connectivity index (χ1n) is 11.8. The number of carboxylic acids is 1. The van der Waals surface area contributed by atoms with Crippen LogP contribution < -0.4 is 5.56 Å². The van der Waals surface area contributed by atoms with Crippen LogP contribution in [-0.4, -0.2) is 33.5 Å². The van der Waals surface area contributed by atoms with Crippen LogP contribution >= 0.6 is 0 Å². The van der Waals surface area contributed by atoms with Crippen molar-refractivity contribution in [2.75, 3.05) is 7.11 Å². The van der Waals surface area contributed by atoms with E-state index in [4.69, 9.17) is 4.74 Å². The Morgan fingerprint density at radius 3 is 2.51 bits per heavy atom. The first kappa shape index (κ1) is 22.5. The number of benzene rings is 3. The first-order valence-corrected chi connectivity index (χ1v) is 11.8. The number of H-pyrrole nitrogens is 1. The van der Waals surface area contributed by atoms with Gasteiger partial charge in [-0.2, -0.15) is 0 Å². The summed E-state index contributed by atoms with van der Waals surface area (Å²) >= 11 is 0. The number of ketones is 1. The number of carbonyl (C=O) groups excluding carboxylic acids is 1. The second-order valence-electron chi connectivity index (χ2n) is 9.03. The van der Waals surface area contributed by atoms with Gasteiger partial charge in [0.1, 0.15) is 6.04 Å². The molecule has 3 aromatic carbocycles. The van der Waals surface area contributed by atoms with E-state index < -0.39 is 17.6 Å². The molecule has 7 nitrogen and oxygen atoms in total. The number of aromatic nitrogens is 2. The second-order valence-corrected chi connectivity index (χ2v) is 9.03. The number of para-hydroxylation sites is 1. The average molecular weight is 491 g/mol. The largest absolute Gasteiger partial charge is 0.493 e. The lowest BCUT2D eigenvalue weighted by atomic mass is 9.86. The van der Waals surface area contributed by atoms with Crippen molar-refractivity contribution >= 4 is 39.5 Å². The molecule has 2 N–H and O–H groups in total. The summed E-state index contributed by atoms with van der Waals surface area (Å²) in [6.45, 7) is 0. The molecule has 0 spiro atoms. The van der Waals surface area contributed by atoms with Gasteiger partial charge in [-0.25, -0.2) is 4.79 Å². The highest BCUT2D eigenvalue weighted by Crippen LogP contribution is 2.37. The Kier molecular flexibility index (Phi) is 5.26. The Morgan fingerprint density at radius 2 is 1.76 bits per heavy atom. The lowest BCUT2D eigenvalue weighted by molar-refractivity contribution is -0.140. The Labute approximate surface area is 211 Å². The Hall–Kier alpha value is -4.91. The quantitative estimate of drug-likeness (QED) is 0.341. The highest BCUT2D eigenvalue weighted by Gasteiger charge is 2.30. The van der Waals surface area contributed by atoms with Gasteiger partial charge in [-0.3, -0.25) is 14.2 Å². The number of hydrogen-bond acceptors (Lipinski definition) is 4. The van der Waals surface area contributed by atoms with Crippen LogP contribution in [0.3, 0.4) is 0 Å². The summed E-state index contributed by atoms with van der Waals surface area (Å²) < 4.78 is 6.65. The molecule has 0 bridgehead atoms. The lowest BCUT2D eigenvalue weighted by Crippen LogP contribution is -2.32. The van der Waals surface area contributed by atoms with Crippen LogP contribution in [-0.2, 0) is 16.0 Å². The number of carboxylic acid groups (broad SMARTS) is 1. The zero-order valence-electron chi connectivity index (χ0n) is 19.9. The smallest absolute Gasteiger partial charge is 0.327 e. The third kappa shape index (κ3) is 3.55. The van der Waals surface area contributed by atoms with Crippen molar-refractivity contribution in [1.29, 1.82) is 0 Å². The highest BCUT2D eigenvalue weighted by atomic mass is 16.5. The van der Waals surface area contributed by atoms with Crippen molar-refractivity contribution in [3.8, 4) is 11.1 Å². The number of pyridine rings is 1. The van der Waals surface area contributed by atoms with Gasteiger partial charge < -0.3 is 14.8 Å². The zero-order chi connectivity index (χ0) is 25.7. The molecule has 37 heavy (non-hydrogen) atoms. The number of methoxy groups -OCH3 is 1. The molecule has 1 aliphatic carbocycles. The highest BCUT2D eigenvalue weighted by molar-refractivity contribution is 6.25. The fraction of sp³-hybridized carbons (Fsp3) is 0.100. The van der Waals surface area contributed by atoms with E-state index in [2.05, 4.69) is 4.98 Å². The predicted molar refractivity (Wildman–Crippen MR) is 142 cm³/mol. The monoisotopic (exact) mass is 490 g/mol. The van der Waals surface area contributed by atoms with Gasteiger partial charge in [-0.1, -0.05) is 54.6 Å². The topological polar surface area (TPSA) is 101 Å². The Balaban J connectivity index is 1.58. The van der Waals surface area contributed by atoms with Gasteiger partial charge in [-0.05, 0) is 34.9 Å². The maximum atomic E-state index is 13.7. The van der Waals surface area contributed by atoms with Crippen LogP contribution in [0.4, 0.5) is 0 Å². The van der Waals surface area contributed by atoms with Gasteiger partial charge in [-0.15, -0.1) is 0 Å². The third-order valence-electron chi connectivity index (χ3n) is 6.99. The molecule has 0 amide bonds. The van der Waals surface area contributed by atoms with E-state index in [1.807, 2.05) is 54.6 Å². The molecule has 2 heterocycles. The van der Waals surface area contributed by atoms with Crippen molar-refractivity contribution in [3.63, 3.8) is 0 Å². The number of hydrogen-bond donors (Lipinski definition) is 2. The number of rotatable bonds is 6. The van der Waals surface area contributed by atoms with Crippen molar-refractivity contribution in [2.45, 2.75) is 12.5 Å².